The Hall–Kier alpha value is -0.180. The molecule has 1 amide bonds. The second kappa shape index (κ2) is 4.00. The second-order valence-corrected chi connectivity index (χ2v) is 4.73. The molecule has 1 N–H and O–H groups in total. The molecular weight excluding hydrogens is 158 g/mol. The van der Waals surface area contributed by atoms with E-state index in [4.69, 9.17) is 0 Å². The average Bonchev–Trinajstić information content (AvgIpc) is 1.53. The quantitative estimate of drug-likeness (QED) is 0.613. The SMILES string of the molecule is CC(S)CC(=O)NC(C)(C)C. The number of carbonyl (C=O) groups excluding carboxylic acids is 1. The lowest BCUT2D eigenvalue weighted by atomic mass is 10.1. The van der Waals surface area contributed by atoms with Crippen molar-refractivity contribution in [1.82, 2.24) is 5.32 Å². The highest BCUT2D eigenvalue weighted by Gasteiger charge is 2.14. The van der Waals surface area contributed by atoms with Gasteiger partial charge in [0.15, 0.2) is 0 Å². The molecule has 0 rings (SSSR count). The summed E-state index contributed by atoms with van der Waals surface area (Å²) >= 11 is 4.13. The maximum Gasteiger partial charge on any atom is 0.221 e. The highest BCUT2D eigenvalue weighted by Crippen LogP contribution is 2.03. The van der Waals surface area contributed by atoms with Crippen molar-refractivity contribution in [1.29, 1.82) is 0 Å². The zero-order valence-electron chi connectivity index (χ0n) is 7.64. The summed E-state index contributed by atoms with van der Waals surface area (Å²) in [6.07, 6.45) is 0.486. The van der Waals surface area contributed by atoms with E-state index in [1.807, 2.05) is 27.7 Å². The van der Waals surface area contributed by atoms with Crippen LogP contribution >= 0.6 is 12.6 Å². The van der Waals surface area contributed by atoms with Crippen LogP contribution in [0.1, 0.15) is 34.1 Å². The fourth-order valence-electron chi connectivity index (χ4n) is 0.738. The van der Waals surface area contributed by atoms with Gasteiger partial charge in [-0.2, -0.15) is 12.6 Å². The van der Waals surface area contributed by atoms with Crippen molar-refractivity contribution < 1.29 is 4.79 Å². The van der Waals surface area contributed by atoms with Crippen LogP contribution in [0.2, 0.25) is 0 Å². The van der Waals surface area contributed by atoms with Crippen LogP contribution in [-0.2, 0) is 4.79 Å². The largest absolute Gasteiger partial charge is 0.351 e. The third kappa shape index (κ3) is 7.72. The van der Waals surface area contributed by atoms with Crippen LogP contribution in [0.25, 0.3) is 0 Å². The molecule has 0 fully saturated rings. The molecule has 1 unspecified atom stereocenters. The molecule has 0 radical (unpaired) electrons. The lowest BCUT2D eigenvalue weighted by Gasteiger charge is -2.20. The summed E-state index contributed by atoms with van der Waals surface area (Å²) < 4.78 is 0. The summed E-state index contributed by atoms with van der Waals surface area (Å²) in [5.41, 5.74) is -0.125. The summed E-state index contributed by atoms with van der Waals surface area (Å²) in [4.78, 5) is 11.1. The first-order chi connectivity index (χ1) is 4.81. The van der Waals surface area contributed by atoms with Gasteiger partial charge in [-0.3, -0.25) is 4.79 Å². The number of hydrogen-bond acceptors (Lipinski definition) is 2. The molecule has 0 spiro atoms. The van der Waals surface area contributed by atoms with Gasteiger partial charge in [0.25, 0.3) is 0 Å². The van der Waals surface area contributed by atoms with Crippen molar-refractivity contribution in [3.05, 3.63) is 0 Å². The summed E-state index contributed by atoms with van der Waals surface area (Å²) in [6.45, 7) is 7.81. The molecular formula is C8H17NOS. The fourth-order valence-corrected chi connectivity index (χ4v) is 0.903. The normalized spacial score (nSPS) is 14.3. The van der Waals surface area contributed by atoms with Crippen LogP contribution in [0.5, 0.6) is 0 Å². The number of carbonyl (C=O) groups is 1. The summed E-state index contributed by atoms with van der Waals surface area (Å²) in [7, 11) is 0. The first-order valence-corrected chi connectivity index (χ1v) is 4.32. The van der Waals surface area contributed by atoms with Crippen LogP contribution in [0.3, 0.4) is 0 Å². The summed E-state index contributed by atoms with van der Waals surface area (Å²) in [5, 5.41) is 3.00. The Morgan fingerprint density at radius 3 is 2.27 bits per heavy atom. The molecule has 0 aromatic carbocycles. The molecule has 3 heteroatoms. The predicted molar refractivity (Wildman–Crippen MR) is 51.0 cm³/mol. The standard InChI is InChI=1S/C8H17NOS/c1-6(11)5-7(10)9-8(2,3)4/h6,11H,5H2,1-4H3,(H,9,10). The van der Waals surface area contributed by atoms with E-state index in [-0.39, 0.29) is 16.7 Å². The van der Waals surface area contributed by atoms with Crippen LogP contribution in [0, 0.1) is 0 Å². The zero-order chi connectivity index (χ0) is 9.07. The Labute approximate surface area is 74.2 Å². The molecule has 2 nitrogen and oxygen atoms in total. The Balaban J connectivity index is 3.71. The van der Waals surface area contributed by atoms with Gasteiger partial charge < -0.3 is 5.32 Å². The first kappa shape index (κ1) is 10.8. The third-order valence-electron chi connectivity index (χ3n) is 0.995. The first-order valence-electron chi connectivity index (χ1n) is 3.80. The van der Waals surface area contributed by atoms with Crippen molar-refractivity contribution in [3.63, 3.8) is 0 Å². The van der Waals surface area contributed by atoms with E-state index >= 15 is 0 Å². The van der Waals surface area contributed by atoms with E-state index in [0.29, 0.717) is 6.42 Å². The maximum atomic E-state index is 11.1. The molecule has 66 valence electrons. The zero-order valence-corrected chi connectivity index (χ0v) is 8.53. The number of nitrogens with one attached hydrogen (secondary N) is 1. The maximum absolute atomic E-state index is 11.1. The summed E-state index contributed by atoms with van der Waals surface area (Å²) in [6, 6.07) is 0. The van der Waals surface area contributed by atoms with Gasteiger partial charge in [-0.05, 0) is 20.8 Å². The van der Waals surface area contributed by atoms with Gasteiger partial charge in [0.2, 0.25) is 5.91 Å². The molecule has 0 saturated heterocycles. The highest BCUT2D eigenvalue weighted by atomic mass is 32.1. The number of hydrogen-bond donors (Lipinski definition) is 2. The van der Waals surface area contributed by atoms with Gasteiger partial charge in [0.05, 0.1) is 0 Å². The predicted octanol–water partition coefficient (Wildman–Crippen LogP) is 1.61. The van der Waals surface area contributed by atoms with Gasteiger partial charge in [-0.1, -0.05) is 6.92 Å². The molecule has 0 aliphatic heterocycles. The van der Waals surface area contributed by atoms with Gasteiger partial charge in [-0.25, -0.2) is 0 Å². The van der Waals surface area contributed by atoms with Gasteiger partial charge in [0, 0.05) is 17.2 Å². The molecule has 0 aliphatic carbocycles. The fraction of sp³-hybridized carbons (Fsp3) is 0.875. The monoisotopic (exact) mass is 175 g/mol. The van der Waals surface area contributed by atoms with E-state index in [1.54, 1.807) is 0 Å². The van der Waals surface area contributed by atoms with Crippen molar-refractivity contribution in [2.45, 2.75) is 44.9 Å². The van der Waals surface area contributed by atoms with E-state index < -0.39 is 0 Å². The number of rotatable bonds is 2. The Morgan fingerprint density at radius 1 is 1.55 bits per heavy atom. The molecule has 0 aliphatic rings. The van der Waals surface area contributed by atoms with E-state index in [1.165, 1.54) is 0 Å². The Bertz CT molecular complexity index is 138. The van der Waals surface area contributed by atoms with Gasteiger partial charge >= 0.3 is 0 Å². The molecule has 0 heterocycles. The second-order valence-electron chi connectivity index (χ2n) is 3.85. The molecule has 11 heavy (non-hydrogen) atoms. The molecule has 0 saturated carbocycles. The lowest BCUT2D eigenvalue weighted by molar-refractivity contribution is -0.122. The van der Waals surface area contributed by atoms with Gasteiger partial charge in [0.1, 0.15) is 0 Å². The third-order valence-corrected chi connectivity index (χ3v) is 1.18. The van der Waals surface area contributed by atoms with Crippen LogP contribution in [0.4, 0.5) is 0 Å². The highest BCUT2D eigenvalue weighted by molar-refractivity contribution is 7.80. The molecule has 1 atom stereocenters. The van der Waals surface area contributed by atoms with Crippen LogP contribution < -0.4 is 5.32 Å². The topological polar surface area (TPSA) is 29.1 Å². The number of amides is 1. The van der Waals surface area contributed by atoms with Crippen molar-refractivity contribution >= 4 is 18.5 Å². The summed E-state index contributed by atoms with van der Waals surface area (Å²) in [5.74, 6) is 0.0694. The van der Waals surface area contributed by atoms with E-state index in [2.05, 4.69) is 17.9 Å². The van der Waals surface area contributed by atoms with Crippen LogP contribution in [-0.4, -0.2) is 16.7 Å². The Kier molecular flexibility index (Phi) is 3.93. The minimum Gasteiger partial charge on any atom is -0.351 e. The van der Waals surface area contributed by atoms with E-state index in [0.717, 1.165) is 0 Å². The van der Waals surface area contributed by atoms with Crippen molar-refractivity contribution in [2.75, 3.05) is 0 Å². The molecule has 0 bridgehead atoms. The van der Waals surface area contributed by atoms with Gasteiger partial charge in [-0.15, -0.1) is 0 Å². The minimum absolute atomic E-state index is 0.0694. The number of thiol groups is 1. The van der Waals surface area contributed by atoms with Crippen molar-refractivity contribution in [2.24, 2.45) is 0 Å². The lowest BCUT2D eigenvalue weighted by Crippen LogP contribution is -2.41. The van der Waals surface area contributed by atoms with Crippen LogP contribution in [0.15, 0.2) is 0 Å². The molecule has 0 aromatic heterocycles. The molecule has 0 aromatic rings. The van der Waals surface area contributed by atoms with Crippen molar-refractivity contribution in [3.8, 4) is 0 Å². The smallest absolute Gasteiger partial charge is 0.221 e. The van der Waals surface area contributed by atoms with E-state index in [9.17, 15) is 4.79 Å². The average molecular weight is 175 g/mol. The Morgan fingerprint density at radius 2 is 2.00 bits per heavy atom. The minimum atomic E-state index is -0.125.